The van der Waals surface area contributed by atoms with Crippen molar-refractivity contribution in [1.82, 2.24) is 9.62 Å². The van der Waals surface area contributed by atoms with Gasteiger partial charge in [0.05, 0.1) is 11.1 Å². The van der Waals surface area contributed by atoms with Crippen LogP contribution in [-0.2, 0) is 9.59 Å². The fourth-order valence-electron chi connectivity index (χ4n) is 2.16. The normalized spacial score (nSPS) is 22.0. The fraction of sp³-hybridized carbons (Fsp3) is 0.231. The van der Waals surface area contributed by atoms with Crippen LogP contribution in [0.2, 0.25) is 0 Å². The molecular formula is C13H10N2O4S. The summed E-state index contributed by atoms with van der Waals surface area (Å²) in [5, 5.41) is 1.60. The van der Waals surface area contributed by atoms with E-state index < -0.39 is 23.0 Å². The molecule has 1 unspecified atom stereocenters. The highest BCUT2D eigenvalue weighted by molar-refractivity contribution is 7.99. The molecule has 6 nitrogen and oxygen atoms in total. The summed E-state index contributed by atoms with van der Waals surface area (Å²) in [5.41, 5.74) is 0.689. The van der Waals surface area contributed by atoms with Crippen LogP contribution in [0.3, 0.4) is 0 Å². The van der Waals surface area contributed by atoms with E-state index in [1.165, 1.54) is 0 Å². The average Bonchev–Trinajstić information content (AvgIpc) is 2.67. The van der Waals surface area contributed by atoms with Gasteiger partial charge in [-0.3, -0.25) is 24.5 Å². The van der Waals surface area contributed by atoms with Crippen LogP contribution in [0.15, 0.2) is 24.3 Å². The number of hydrogen-bond acceptors (Lipinski definition) is 5. The van der Waals surface area contributed by atoms with E-state index in [-0.39, 0.29) is 12.3 Å². The zero-order valence-electron chi connectivity index (χ0n) is 10.3. The Morgan fingerprint density at radius 2 is 1.65 bits per heavy atom. The van der Waals surface area contributed by atoms with Crippen molar-refractivity contribution in [2.24, 2.45) is 0 Å². The second-order valence-corrected chi connectivity index (χ2v) is 5.64. The van der Waals surface area contributed by atoms with Crippen LogP contribution in [0.5, 0.6) is 0 Å². The third-order valence-electron chi connectivity index (χ3n) is 3.18. The van der Waals surface area contributed by atoms with Crippen LogP contribution in [-0.4, -0.2) is 33.2 Å². The topological polar surface area (TPSA) is 83.6 Å². The van der Waals surface area contributed by atoms with E-state index in [4.69, 9.17) is 0 Å². The summed E-state index contributed by atoms with van der Waals surface area (Å²) >= 11 is 0.881. The zero-order valence-corrected chi connectivity index (χ0v) is 11.1. The molecule has 0 radical (unpaired) electrons. The minimum absolute atomic E-state index is 0.215. The number of amides is 4. The molecule has 1 fully saturated rings. The maximum atomic E-state index is 12.1. The lowest BCUT2D eigenvalue weighted by atomic mass is 10.1. The van der Waals surface area contributed by atoms with Gasteiger partial charge >= 0.3 is 0 Å². The zero-order chi connectivity index (χ0) is 14.3. The Morgan fingerprint density at radius 1 is 1.05 bits per heavy atom. The summed E-state index contributed by atoms with van der Waals surface area (Å²) in [7, 11) is 0. The second kappa shape index (κ2) is 4.75. The van der Waals surface area contributed by atoms with Gasteiger partial charge in [0.25, 0.3) is 11.8 Å². The first kappa shape index (κ1) is 12.9. The second-order valence-electron chi connectivity index (χ2n) is 4.50. The Balaban J connectivity index is 1.80. The molecule has 102 valence electrons. The highest BCUT2D eigenvalue weighted by atomic mass is 32.2. The largest absolute Gasteiger partial charge is 0.295 e. The van der Waals surface area contributed by atoms with Crippen LogP contribution in [0.25, 0.3) is 0 Å². The monoisotopic (exact) mass is 290 g/mol. The quantitative estimate of drug-likeness (QED) is 0.641. The molecule has 0 saturated carbocycles. The maximum Gasteiger partial charge on any atom is 0.271 e. The summed E-state index contributed by atoms with van der Waals surface area (Å²) < 4.78 is 1.00. The average molecular weight is 290 g/mol. The SMILES string of the molecule is O=C1CCC(SN2C(=O)c3ccccc3C2=O)C(=O)N1. The van der Waals surface area contributed by atoms with E-state index >= 15 is 0 Å². The van der Waals surface area contributed by atoms with Gasteiger partial charge in [0.15, 0.2) is 0 Å². The standard InChI is InChI=1S/C13H10N2O4S/c16-10-6-5-9(11(17)14-10)20-15-12(18)7-3-1-2-4-8(7)13(15)19/h1-4,9H,5-6H2,(H,14,16,17). The molecule has 0 spiro atoms. The molecule has 1 atom stereocenters. The molecule has 0 aromatic heterocycles. The minimum atomic E-state index is -0.602. The third-order valence-corrected chi connectivity index (χ3v) is 4.42. The van der Waals surface area contributed by atoms with E-state index in [1.807, 2.05) is 0 Å². The summed E-state index contributed by atoms with van der Waals surface area (Å²) in [6.45, 7) is 0. The number of hydrogen-bond donors (Lipinski definition) is 1. The summed E-state index contributed by atoms with van der Waals surface area (Å²) in [5.74, 6) is -1.61. The van der Waals surface area contributed by atoms with E-state index in [0.717, 1.165) is 16.3 Å². The summed E-state index contributed by atoms with van der Waals surface area (Å²) in [4.78, 5) is 47.0. The molecule has 1 N–H and O–H groups in total. The molecular weight excluding hydrogens is 280 g/mol. The van der Waals surface area contributed by atoms with E-state index in [2.05, 4.69) is 5.32 Å². The number of fused-ring (bicyclic) bond motifs is 1. The number of nitrogens with one attached hydrogen (secondary N) is 1. The minimum Gasteiger partial charge on any atom is -0.295 e. The number of benzene rings is 1. The molecule has 7 heteroatoms. The Morgan fingerprint density at radius 3 is 2.20 bits per heavy atom. The lowest BCUT2D eigenvalue weighted by Crippen LogP contribution is -2.44. The number of carbonyl (C=O) groups is 4. The van der Waals surface area contributed by atoms with E-state index in [0.29, 0.717) is 17.5 Å². The van der Waals surface area contributed by atoms with Crippen LogP contribution in [0, 0.1) is 0 Å². The lowest BCUT2D eigenvalue weighted by Gasteiger charge is -2.23. The maximum absolute atomic E-state index is 12.1. The van der Waals surface area contributed by atoms with Gasteiger partial charge < -0.3 is 0 Å². The lowest BCUT2D eigenvalue weighted by molar-refractivity contribution is -0.132. The van der Waals surface area contributed by atoms with Gasteiger partial charge in [0, 0.05) is 6.42 Å². The Kier molecular flexibility index (Phi) is 3.06. The molecule has 3 rings (SSSR count). The molecule has 2 aliphatic rings. The number of nitrogens with zero attached hydrogens (tertiary/aromatic N) is 1. The highest BCUT2D eigenvalue weighted by Gasteiger charge is 2.40. The van der Waals surface area contributed by atoms with Crippen molar-refractivity contribution >= 4 is 35.6 Å². The van der Waals surface area contributed by atoms with Crippen LogP contribution < -0.4 is 5.32 Å². The first-order chi connectivity index (χ1) is 9.58. The van der Waals surface area contributed by atoms with Crippen molar-refractivity contribution in [3.8, 4) is 0 Å². The Labute approximate surface area is 118 Å². The summed E-state index contributed by atoms with van der Waals surface area (Å²) in [6.07, 6.45) is 0.537. The van der Waals surface area contributed by atoms with E-state index in [1.54, 1.807) is 24.3 Å². The highest BCUT2D eigenvalue weighted by Crippen LogP contribution is 2.32. The molecule has 1 saturated heterocycles. The van der Waals surface area contributed by atoms with Gasteiger partial charge in [-0.2, -0.15) is 0 Å². The number of piperidine rings is 1. The van der Waals surface area contributed by atoms with Gasteiger partial charge in [-0.1, -0.05) is 12.1 Å². The predicted molar refractivity (Wildman–Crippen MR) is 70.7 cm³/mol. The van der Waals surface area contributed by atoms with Gasteiger partial charge in [-0.25, -0.2) is 4.31 Å². The van der Waals surface area contributed by atoms with Crippen LogP contribution >= 0.6 is 11.9 Å². The predicted octanol–water partition coefficient (Wildman–Crippen LogP) is 0.736. The van der Waals surface area contributed by atoms with Gasteiger partial charge in [-0.15, -0.1) is 0 Å². The molecule has 0 aliphatic carbocycles. The van der Waals surface area contributed by atoms with Crippen molar-refractivity contribution in [1.29, 1.82) is 0 Å². The van der Waals surface area contributed by atoms with Crippen molar-refractivity contribution in [2.45, 2.75) is 18.1 Å². The van der Waals surface area contributed by atoms with Crippen molar-refractivity contribution in [3.05, 3.63) is 35.4 Å². The molecule has 4 amide bonds. The van der Waals surface area contributed by atoms with E-state index in [9.17, 15) is 19.2 Å². The Hall–Kier alpha value is -2.15. The number of imide groups is 2. The first-order valence-corrected chi connectivity index (χ1v) is 6.90. The van der Waals surface area contributed by atoms with Gasteiger partial charge in [-0.05, 0) is 30.5 Å². The summed E-state index contributed by atoms with van der Waals surface area (Å²) in [6, 6.07) is 6.54. The van der Waals surface area contributed by atoms with Crippen molar-refractivity contribution in [3.63, 3.8) is 0 Å². The molecule has 2 aliphatic heterocycles. The molecule has 1 aromatic carbocycles. The number of rotatable bonds is 2. The number of carbonyl (C=O) groups excluding carboxylic acids is 4. The van der Waals surface area contributed by atoms with Crippen molar-refractivity contribution in [2.75, 3.05) is 0 Å². The van der Waals surface area contributed by atoms with Gasteiger partial charge in [0.2, 0.25) is 11.8 Å². The molecule has 1 aromatic rings. The first-order valence-electron chi connectivity index (χ1n) is 6.06. The fourth-order valence-corrected chi connectivity index (χ4v) is 3.18. The van der Waals surface area contributed by atoms with Crippen LogP contribution in [0.4, 0.5) is 0 Å². The van der Waals surface area contributed by atoms with Crippen molar-refractivity contribution < 1.29 is 19.2 Å². The smallest absolute Gasteiger partial charge is 0.271 e. The third kappa shape index (κ3) is 2.00. The van der Waals surface area contributed by atoms with Gasteiger partial charge in [0.1, 0.15) is 5.25 Å². The molecule has 2 heterocycles. The Bertz CT molecular complexity index is 608. The molecule has 20 heavy (non-hydrogen) atoms. The van der Waals surface area contributed by atoms with Crippen LogP contribution in [0.1, 0.15) is 33.6 Å². The molecule has 0 bridgehead atoms.